The average Bonchev–Trinajstić information content (AvgIpc) is 2.84. The summed E-state index contributed by atoms with van der Waals surface area (Å²) in [5.74, 6) is -0.800. The summed E-state index contributed by atoms with van der Waals surface area (Å²) in [7, 11) is 0. The Hall–Kier alpha value is -0.600. The van der Waals surface area contributed by atoms with Crippen LogP contribution in [0.4, 0.5) is 0 Å². The molecule has 13 atom stereocenters. The Labute approximate surface area is 195 Å². The molecule has 1 fully saturated rings. The molecular formula is C19H38O15. The van der Waals surface area contributed by atoms with Crippen LogP contribution in [-0.4, -0.2) is 156 Å². The fourth-order valence-corrected chi connectivity index (χ4v) is 3.39. The Morgan fingerprint density at radius 3 is 1.94 bits per heavy atom. The smallest absolute Gasteiger partial charge is 0.187 e. The van der Waals surface area contributed by atoms with Crippen LogP contribution in [0.3, 0.4) is 0 Å². The molecule has 0 saturated carbocycles. The standard InChI is InChI=1S/C19H38O15/c1-7(12(24)13(25)9(23)3-20)6-31-8(2)18(15(27)11(5-22)34-30)33-19-17(29)16(28)14(26)10(4-21)32-19/h7-30H,3-6H2,1-2H3/t7?,8-,9?,10+,11+,12?,13?,14?,15?,16?,17?,18?,19?/m0/s1. The molecule has 1 aliphatic rings. The lowest BCUT2D eigenvalue weighted by Gasteiger charge is -2.42. The SMILES string of the molecule is CC(CO[C@@H](C)C(OC1O[C@H](CO)C(O)C(O)C1O)C(O)[C@@H](CO)OO)C(O)C(O)C(O)CO. The Bertz CT molecular complexity index is 550. The highest BCUT2D eigenvalue weighted by atomic mass is 17.1. The summed E-state index contributed by atoms with van der Waals surface area (Å²) in [4.78, 5) is 4.03. The highest BCUT2D eigenvalue weighted by Gasteiger charge is 2.47. The van der Waals surface area contributed by atoms with Gasteiger partial charge in [-0.3, -0.25) is 5.26 Å². The quantitative estimate of drug-likeness (QED) is 0.0731. The number of aliphatic hydroxyl groups is 10. The zero-order chi connectivity index (χ0) is 26.2. The number of rotatable bonds is 15. The lowest BCUT2D eigenvalue weighted by molar-refractivity contribution is -0.346. The van der Waals surface area contributed by atoms with Crippen LogP contribution in [0.5, 0.6) is 0 Å². The van der Waals surface area contributed by atoms with Crippen molar-refractivity contribution in [3.8, 4) is 0 Å². The molecule has 34 heavy (non-hydrogen) atoms. The Morgan fingerprint density at radius 1 is 0.824 bits per heavy atom. The molecule has 1 aliphatic heterocycles. The van der Waals surface area contributed by atoms with Crippen LogP contribution in [-0.2, 0) is 19.1 Å². The first kappa shape index (κ1) is 31.4. The van der Waals surface area contributed by atoms with E-state index in [2.05, 4.69) is 4.89 Å². The summed E-state index contributed by atoms with van der Waals surface area (Å²) in [5.41, 5.74) is 0. The van der Waals surface area contributed by atoms with Gasteiger partial charge in [0.25, 0.3) is 0 Å². The van der Waals surface area contributed by atoms with Gasteiger partial charge in [-0.2, -0.15) is 0 Å². The van der Waals surface area contributed by atoms with Gasteiger partial charge in [0, 0.05) is 5.92 Å². The summed E-state index contributed by atoms with van der Waals surface area (Å²) in [6.45, 7) is 0.180. The number of aliphatic hydroxyl groups excluding tert-OH is 10. The Balaban J connectivity index is 2.97. The minimum absolute atomic E-state index is 0.275. The molecule has 0 bridgehead atoms. The van der Waals surface area contributed by atoms with Crippen molar-refractivity contribution in [3.05, 3.63) is 0 Å². The zero-order valence-corrected chi connectivity index (χ0v) is 18.9. The van der Waals surface area contributed by atoms with Crippen LogP contribution in [0.25, 0.3) is 0 Å². The minimum atomic E-state index is -1.82. The van der Waals surface area contributed by atoms with Gasteiger partial charge in [0.05, 0.1) is 38.6 Å². The van der Waals surface area contributed by atoms with Crippen LogP contribution >= 0.6 is 0 Å². The molecule has 0 aromatic rings. The summed E-state index contributed by atoms with van der Waals surface area (Å²) in [6, 6.07) is 0. The van der Waals surface area contributed by atoms with Crippen molar-refractivity contribution in [1.82, 2.24) is 0 Å². The monoisotopic (exact) mass is 506 g/mol. The lowest BCUT2D eigenvalue weighted by Crippen LogP contribution is -2.61. The molecule has 10 unspecified atom stereocenters. The van der Waals surface area contributed by atoms with Crippen molar-refractivity contribution in [3.63, 3.8) is 0 Å². The van der Waals surface area contributed by atoms with E-state index in [4.69, 9.17) is 24.6 Å². The van der Waals surface area contributed by atoms with E-state index in [9.17, 15) is 46.0 Å². The molecule has 0 aromatic carbocycles. The van der Waals surface area contributed by atoms with Crippen molar-refractivity contribution in [2.75, 3.05) is 26.4 Å². The predicted octanol–water partition coefficient (Wildman–Crippen LogP) is -5.50. The van der Waals surface area contributed by atoms with Crippen LogP contribution in [0.15, 0.2) is 0 Å². The van der Waals surface area contributed by atoms with Gasteiger partial charge in [0.1, 0.15) is 54.9 Å². The summed E-state index contributed by atoms with van der Waals surface area (Å²) >= 11 is 0. The first-order chi connectivity index (χ1) is 15.9. The van der Waals surface area contributed by atoms with Gasteiger partial charge in [-0.05, 0) is 6.92 Å². The fourth-order valence-electron chi connectivity index (χ4n) is 3.39. The van der Waals surface area contributed by atoms with Gasteiger partial charge >= 0.3 is 0 Å². The molecule has 15 nitrogen and oxygen atoms in total. The molecule has 1 heterocycles. The van der Waals surface area contributed by atoms with Crippen LogP contribution in [0.2, 0.25) is 0 Å². The first-order valence-corrected chi connectivity index (χ1v) is 10.8. The van der Waals surface area contributed by atoms with E-state index in [0.29, 0.717) is 0 Å². The van der Waals surface area contributed by atoms with Gasteiger partial charge < -0.3 is 65.3 Å². The fraction of sp³-hybridized carbons (Fsp3) is 1.00. The maximum absolute atomic E-state index is 10.6. The lowest BCUT2D eigenvalue weighted by atomic mass is 9.97. The van der Waals surface area contributed by atoms with Crippen LogP contribution in [0.1, 0.15) is 13.8 Å². The number of hydrogen-bond donors (Lipinski definition) is 11. The van der Waals surface area contributed by atoms with Crippen molar-refractivity contribution >= 4 is 0 Å². The molecule has 11 N–H and O–H groups in total. The third kappa shape index (κ3) is 7.95. The average molecular weight is 506 g/mol. The minimum Gasteiger partial charge on any atom is -0.394 e. The van der Waals surface area contributed by atoms with E-state index in [-0.39, 0.29) is 6.61 Å². The van der Waals surface area contributed by atoms with E-state index in [1.807, 2.05) is 0 Å². The topological polar surface area (TPSA) is 259 Å². The maximum Gasteiger partial charge on any atom is 0.187 e. The van der Waals surface area contributed by atoms with Crippen LogP contribution < -0.4 is 0 Å². The van der Waals surface area contributed by atoms with Gasteiger partial charge in [0.15, 0.2) is 6.29 Å². The van der Waals surface area contributed by atoms with E-state index in [1.165, 1.54) is 13.8 Å². The van der Waals surface area contributed by atoms with E-state index >= 15 is 0 Å². The Kier molecular flexibility index (Phi) is 13.7. The predicted molar refractivity (Wildman–Crippen MR) is 109 cm³/mol. The molecule has 1 saturated heterocycles. The third-order valence-corrected chi connectivity index (χ3v) is 5.77. The molecule has 0 radical (unpaired) electrons. The second-order valence-corrected chi connectivity index (χ2v) is 8.36. The molecule has 0 amide bonds. The highest BCUT2D eigenvalue weighted by molar-refractivity contribution is 4.91. The first-order valence-electron chi connectivity index (χ1n) is 10.8. The molecular weight excluding hydrogens is 468 g/mol. The molecule has 0 spiro atoms. The van der Waals surface area contributed by atoms with Gasteiger partial charge in [-0.1, -0.05) is 6.92 Å². The van der Waals surface area contributed by atoms with E-state index in [1.54, 1.807) is 0 Å². The summed E-state index contributed by atoms with van der Waals surface area (Å²) in [5, 5.41) is 107. The Morgan fingerprint density at radius 2 is 1.44 bits per heavy atom. The zero-order valence-electron chi connectivity index (χ0n) is 18.9. The van der Waals surface area contributed by atoms with Crippen LogP contribution in [0, 0.1) is 5.92 Å². The molecule has 0 aliphatic carbocycles. The molecule has 204 valence electrons. The summed E-state index contributed by atoms with van der Waals surface area (Å²) < 4.78 is 16.4. The number of ether oxygens (including phenoxy) is 3. The van der Waals surface area contributed by atoms with Gasteiger partial charge in [0.2, 0.25) is 0 Å². The highest BCUT2D eigenvalue weighted by Crippen LogP contribution is 2.26. The third-order valence-electron chi connectivity index (χ3n) is 5.77. The molecule has 15 heteroatoms. The van der Waals surface area contributed by atoms with Crippen molar-refractivity contribution in [2.24, 2.45) is 5.92 Å². The van der Waals surface area contributed by atoms with E-state index < -0.39 is 99.2 Å². The van der Waals surface area contributed by atoms with Crippen molar-refractivity contribution < 1.29 is 75.4 Å². The van der Waals surface area contributed by atoms with Crippen molar-refractivity contribution in [1.29, 1.82) is 0 Å². The maximum atomic E-state index is 10.6. The van der Waals surface area contributed by atoms with Crippen molar-refractivity contribution in [2.45, 2.75) is 87.3 Å². The molecule has 0 aromatic heterocycles. The van der Waals surface area contributed by atoms with E-state index in [0.717, 1.165) is 0 Å². The number of hydrogen-bond acceptors (Lipinski definition) is 15. The van der Waals surface area contributed by atoms with Gasteiger partial charge in [-0.15, -0.1) is 0 Å². The summed E-state index contributed by atoms with van der Waals surface area (Å²) in [6.07, 6.45) is -19.0. The van der Waals surface area contributed by atoms with Gasteiger partial charge in [-0.25, -0.2) is 4.89 Å². The normalized spacial score (nSPS) is 32.9. The largest absolute Gasteiger partial charge is 0.394 e. The molecule has 1 rings (SSSR count). The second kappa shape index (κ2) is 14.8. The second-order valence-electron chi connectivity index (χ2n) is 8.36.